The SMILES string of the molecule is COCC1CCCN1Cc1ccc(C(=O)Nc2nc3c(OC)ccc(N4CCOCC4)c3s2)cn1. The minimum absolute atomic E-state index is 0.228. The highest BCUT2D eigenvalue weighted by atomic mass is 32.1. The number of thiazole rings is 1. The summed E-state index contributed by atoms with van der Waals surface area (Å²) in [5.41, 5.74) is 3.29. The van der Waals surface area contributed by atoms with Gasteiger partial charge in [-0.2, -0.15) is 0 Å². The lowest BCUT2D eigenvalue weighted by Gasteiger charge is -2.29. The van der Waals surface area contributed by atoms with Crippen LogP contribution in [-0.2, 0) is 16.0 Å². The van der Waals surface area contributed by atoms with Crippen LogP contribution in [0.3, 0.4) is 0 Å². The maximum Gasteiger partial charge on any atom is 0.259 e. The van der Waals surface area contributed by atoms with Crippen molar-refractivity contribution in [2.75, 3.05) is 63.9 Å². The Morgan fingerprint density at radius 1 is 1.20 bits per heavy atom. The number of ether oxygens (including phenoxy) is 3. The average Bonchev–Trinajstić information content (AvgIpc) is 3.51. The summed E-state index contributed by atoms with van der Waals surface area (Å²) in [5, 5.41) is 3.48. The molecule has 35 heavy (non-hydrogen) atoms. The van der Waals surface area contributed by atoms with E-state index in [2.05, 4.69) is 31.2 Å². The molecule has 0 bridgehead atoms. The minimum atomic E-state index is -0.228. The Morgan fingerprint density at radius 3 is 2.80 bits per heavy atom. The highest BCUT2D eigenvalue weighted by Gasteiger charge is 2.25. The number of hydrogen-bond acceptors (Lipinski definition) is 9. The summed E-state index contributed by atoms with van der Waals surface area (Å²) in [6, 6.07) is 8.17. The molecule has 9 nitrogen and oxygen atoms in total. The van der Waals surface area contributed by atoms with Crippen LogP contribution in [0.4, 0.5) is 10.8 Å². The van der Waals surface area contributed by atoms with Gasteiger partial charge < -0.3 is 19.1 Å². The fourth-order valence-corrected chi connectivity index (χ4v) is 5.77. The molecule has 1 N–H and O–H groups in total. The quantitative estimate of drug-likeness (QED) is 0.507. The van der Waals surface area contributed by atoms with E-state index in [0.717, 1.165) is 60.8 Å². The van der Waals surface area contributed by atoms with Crippen LogP contribution in [-0.4, -0.2) is 80.5 Å². The predicted octanol–water partition coefficient (Wildman–Crippen LogP) is 3.40. The maximum atomic E-state index is 13.0. The Morgan fingerprint density at radius 2 is 2.06 bits per heavy atom. The normalized spacial score (nSPS) is 18.8. The summed E-state index contributed by atoms with van der Waals surface area (Å²) < 4.78 is 17.4. The molecule has 0 radical (unpaired) electrons. The summed E-state index contributed by atoms with van der Waals surface area (Å²) in [6.45, 7) is 5.59. The van der Waals surface area contributed by atoms with Crippen molar-refractivity contribution in [2.24, 2.45) is 0 Å². The fraction of sp³-hybridized carbons (Fsp3) is 0.480. The van der Waals surface area contributed by atoms with Gasteiger partial charge in [0.15, 0.2) is 5.13 Å². The van der Waals surface area contributed by atoms with Crippen molar-refractivity contribution in [3.8, 4) is 5.75 Å². The number of hydrogen-bond donors (Lipinski definition) is 1. The van der Waals surface area contributed by atoms with E-state index in [4.69, 9.17) is 14.2 Å². The molecule has 0 spiro atoms. The van der Waals surface area contributed by atoms with Crippen molar-refractivity contribution in [1.29, 1.82) is 0 Å². The molecular formula is C25H31N5O4S. The third-order valence-corrected chi connectivity index (χ3v) is 7.58. The van der Waals surface area contributed by atoms with E-state index in [-0.39, 0.29) is 5.91 Å². The molecule has 10 heteroatoms. The highest BCUT2D eigenvalue weighted by Crippen LogP contribution is 2.39. The first kappa shape index (κ1) is 23.9. The number of likely N-dealkylation sites (tertiary alicyclic amines) is 1. The third-order valence-electron chi connectivity index (χ3n) is 6.59. The van der Waals surface area contributed by atoms with Crippen LogP contribution in [0.2, 0.25) is 0 Å². The number of methoxy groups -OCH3 is 2. The van der Waals surface area contributed by atoms with Gasteiger partial charge >= 0.3 is 0 Å². The van der Waals surface area contributed by atoms with Crippen molar-refractivity contribution in [3.63, 3.8) is 0 Å². The van der Waals surface area contributed by atoms with Crippen molar-refractivity contribution in [2.45, 2.75) is 25.4 Å². The molecule has 4 heterocycles. The zero-order valence-corrected chi connectivity index (χ0v) is 21.0. The first-order valence-corrected chi connectivity index (χ1v) is 12.8. The first-order valence-electron chi connectivity index (χ1n) is 12.0. The van der Waals surface area contributed by atoms with E-state index >= 15 is 0 Å². The van der Waals surface area contributed by atoms with Gasteiger partial charge in [-0.05, 0) is 43.7 Å². The van der Waals surface area contributed by atoms with Gasteiger partial charge in [-0.3, -0.25) is 20.0 Å². The van der Waals surface area contributed by atoms with E-state index in [9.17, 15) is 4.79 Å². The Balaban J connectivity index is 1.30. The monoisotopic (exact) mass is 497 g/mol. The molecule has 2 fully saturated rings. The molecule has 1 amide bonds. The number of benzene rings is 1. The zero-order valence-electron chi connectivity index (χ0n) is 20.2. The van der Waals surface area contributed by atoms with E-state index in [1.165, 1.54) is 17.8 Å². The topological polar surface area (TPSA) is 89.0 Å². The lowest BCUT2D eigenvalue weighted by atomic mass is 10.2. The molecule has 5 rings (SSSR count). The molecule has 186 valence electrons. The van der Waals surface area contributed by atoms with Crippen LogP contribution in [0.5, 0.6) is 5.75 Å². The number of aromatic nitrogens is 2. The highest BCUT2D eigenvalue weighted by molar-refractivity contribution is 7.23. The number of carbonyl (C=O) groups is 1. The molecule has 2 aliphatic rings. The van der Waals surface area contributed by atoms with Gasteiger partial charge in [0, 0.05) is 39.0 Å². The summed E-state index contributed by atoms with van der Waals surface area (Å²) in [4.78, 5) is 26.9. The smallest absolute Gasteiger partial charge is 0.259 e. The van der Waals surface area contributed by atoms with Crippen molar-refractivity contribution in [1.82, 2.24) is 14.9 Å². The number of nitrogens with one attached hydrogen (secondary N) is 1. The second-order valence-corrected chi connectivity index (χ2v) is 9.80. The predicted molar refractivity (Wildman–Crippen MR) is 137 cm³/mol. The molecule has 0 saturated carbocycles. The summed E-state index contributed by atoms with van der Waals surface area (Å²) in [5.74, 6) is 0.460. The number of fused-ring (bicyclic) bond motifs is 1. The van der Waals surface area contributed by atoms with Crippen LogP contribution < -0.4 is 15.0 Å². The van der Waals surface area contributed by atoms with Gasteiger partial charge in [-0.25, -0.2) is 4.98 Å². The van der Waals surface area contributed by atoms with Gasteiger partial charge in [0.1, 0.15) is 11.3 Å². The van der Waals surface area contributed by atoms with Crippen molar-refractivity contribution < 1.29 is 19.0 Å². The Labute approximate surface area is 209 Å². The number of pyridine rings is 1. The van der Waals surface area contributed by atoms with Crippen molar-refractivity contribution >= 4 is 38.3 Å². The molecule has 3 aromatic rings. The number of anilines is 2. The van der Waals surface area contributed by atoms with E-state index < -0.39 is 0 Å². The number of rotatable bonds is 8. The second-order valence-electron chi connectivity index (χ2n) is 8.80. The number of carbonyl (C=O) groups excluding carboxylic acids is 1. The molecule has 0 aliphatic carbocycles. The van der Waals surface area contributed by atoms with E-state index in [0.29, 0.717) is 35.7 Å². The Bertz CT molecular complexity index is 1160. The van der Waals surface area contributed by atoms with Gasteiger partial charge in [0.05, 0.1) is 48.6 Å². The summed E-state index contributed by atoms with van der Waals surface area (Å²) >= 11 is 1.45. The third kappa shape index (κ3) is 5.25. The standard InChI is InChI=1S/C25H31N5O4S/c1-32-16-19-4-3-9-30(19)15-18-6-5-17(14-26-18)24(31)28-25-27-22-21(33-2)8-7-20(23(22)35-25)29-10-12-34-13-11-29/h5-8,14,19H,3-4,9-13,15-16H2,1-2H3,(H,27,28,31). The van der Waals surface area contributed by atoms with E-state index in [1.54, 1.807) is 20.4 Å². The van der Waals surface area contributed by atoms with Crippen LogP contribution in [0, 0.1) is 0 Å². The lowest BCUT2D eigenvalue weighted by Crippen LogP contribution is -2.36. The summed E-state index contributed by atoms with van der Waals surface area (Å²) in [6.07, 6.45) is 3.96. The van der Waals surface area contributed by atoms with Crippen molar-refractivity contribution in [3.05, 3.63) is 41.7 Å². The second kappa shape index (κ2) is 10.9. The zero-order chi connectivity index (χ0) is 24.2. The van der Waals surface area contributed by atoms with Gasteiger partial charge in [0.25, 0.3) is 5.91 Å². The van der Waals surface area contributed by atoms with Crippen LogP contribution >= 0.6 is 11.3 Å². The average molecular weight is 498 g/mol. The first-order chi connectivity index (χ1) is 17.2. The molecule has 1 atom stereocenters. The number of amides is 1. The lowest BCUT2D eigenvalue weighted by molar-refractivity contribution is 0.102. The summed E-state index contributed by atoms with van der Waals surface area (Å²) in [7, 11) is 3.38. The number of morpholine rings is 1. The molecule has 1 aromatic carbocycles. The van der Waals surface area contributed by atoms with Crippen LogP contribution in [0.1, 0.15) is 28.9 Å². The molecular weight excluding hydrogens is 466 g/mol. The van der Waals surface area contributed by atoms with Crippen LogP contribution in [0.25, 0.3) is 10.2 Å². The molecule has 2 saturated heterocycles. The van der Waals surface area contributed by atoms with Crippen LogP contribution in [0.15, 0.2) is 30.5 Å². The van der Waals surface area contributed by atoms with Gasteiger partial charge in [-0.15, -0.1) is 0 Å². The Kier molecular flexibility index (Phi) is 7.43. The largest absolute Gasteiger partial charge is 0.494 e. The Hall–Kier alpha value is -2.79. The van der Waals surface area contributed by atoms with Gasteiger partial charge in [-0.1, -0.05) is 11.3 Å². The van der Waals surface area contributed by atoms with Gasteiger partial charge in [0.2, 0.25) is 0 Å². The minimum Gasteiger partial charge on any atom is -0.494 e. The van der Waals surface area contributed by atoms with E-state index in [1.807, 2.05) is 18.2 Å². The molecule has 2 aromatic heterocycles. The fourth-order valence-electron chi connectivity index (χ4n) is 4.76. The molecule has 2 aliphatic heterocycles. The molecule has 1 unspecified atom stereocenters. The number of nitrogens with zero attached hydrogens (tertiary/aromatic N) is 4. The maximum absolute atomic E-state index is 13.0.